The predicted molar refractivity (Wildman–Crippen MR) is 70.0 cm³/mol. The minimum atomic E-state index is -0.777. The van der Waals surface area contributed by atoms with Crippen LogP contribution in [0, 0.1) is 0 Å². The van der Waals surface area contributed by atoms with E-state index in [0.29, 0.717) is 6.54 Å². The number of carbonyl (C=O) groups is 1. The lowest BCUT2D eigenvalue weighted by molar-refractivity contribution is -0.136. The topological polar surface area (TPSA) is 52.6 Å². The minimum absolute atomic E-state index is 0.0951. The molecule has 0 amide bonds. The summed E-state index contributed by atoms with van der Waals surface area (Å²) in [6, 6.07) is 7.73. The van der Waals surface area contributed by atoms with Crippen molar-refractivity contribution in [2.75, 3.05) is 13.1 Å². The van der Waals surface area contributed by atoms with Crippen molar-refractivity contribution in [3.8, 4) is 0 Å². The summed E-state index contributed by atoms with van der Waals surface area (Å²) < 4.78 is 0. The Morgan fingerprint density at radius 2 is 1.83 bits per heavy atom. The maximum Gasteiger partial charge on any atom is 0.307 e. The number of nitrogens with zero attached hydrogens (tertiary/aromatic N) is 1. The third-order valence-corrected chi connectivity index (χ3v) is 3.31. The van der Waals surface area contributed by atoms with Gasteiger partial charge in [-0.05, 0) is 24.0 Å². The summed E-state index contributed by atoms with van der Waals surface area (Å²) in [5.41, 5.74) is 5.36. The molecule has 0 unspecified atom stereocenters. The fraction of sp³-hybridized carbons (Fsp3) is 0.500. The molecular weight excluding hydrogens is 228 g/mol. The third-order valence-electron chi connectivity index (χ3n) is 3.31. The van der Waals surface area contributed by atoms with Crippen LogP contribution in [0.2, 0.25) is 0 Å². The van der Waals surface area contributed by atoms with Crippen molar-refractivity contribution in [2.24, 2.45) is 0 Å². The summed E-state index contributed by atoms with van der Waals surface area (Å²) in [5.74, 6) is -0.777. The molecule has 0 saturated carbocycles. The van der Waals surface area contributed by atoms with Crippen LogP contribution in [0.15, 0.2) is 24.3 Å². The predicted octanol–water partition coefficient (Wildman–Crippen LogP) is 1.80. The first-order chi connectivity index (χ1) is 8.75. The van der Waals surface area contributed by atoms with Gasteiger partial charge in [-0.3, -0.25) is 10.2 Å². The Labute approximate surface area is 108 Å². The Bertz CT molecular complexity index is 401. The van der Waals surface area contributed by atoms with Gasteiger partial charge >= 0.3 is 5.97 Å². The molecule has 4 nitrogen and oxygen atoms in total. The number of hydrogen-bond donors (Lipinski definition) is 2. The van der Waals surface area contributed by atoms with Crippen molar-refractivity contribution < 1.29 is 9.90 Å². The lowest BCUT2D eigenvalue weighted by Gasteiger charge is -2.27. The molecule has 2 rings (SSSR count). The summed E-state index contributed by atoms with van der Waals surface area (Å²) in [5, 5.41) is 11.1. The van der Waals surface area contributed by atoms with E-state index in [1.54, 1.807) is 0 Å². The third kappa shape index (κ3) is 3.82. The molecular formula is C14H20N2O2. The molecule has 0 spiro atoms. The van der Waals surface area contributed by atoms with Gasteiger partial charge in [0.05, 0.1) is 6.42 Å². The first kappa shape index (κ1) is 13.1. The maximum atomic E-state index is 10.8. The smallest absolute Gasteiger partial charge is 0.307 e. The summed E-state index contributed by atoms with van der Waals surface area (Å²) in [6.07, 6.45) is 3.89. The number of benzene rings is 1. The Morgan fingerprint density at radius 3 is 2.50 bits per heavy atom. The second-order valence-corrected chi connectivity index (χ2v) is 4.72. The average molecular weight is 248 g/mol. The number of piperidine rings is 1. The van der Waals surface area contributed by atoms with Gasteiger partial charge in [-0.25, -0.2) is 5.01 Å². The summed E-state index contributed by atoms with van der Waals surface area (Å²) >= 11 is 0. The quantitative estimate of drug-likeness (QED) is 0.834. The summed E-state index contributed by atoms with van der Waals surface area (Å²) in [4.78, 5) is 10.8. The molecule has 1 saturated heterocycles. The van der Waals surface area contributed by atoms with Crippen molar-refractivity contribution >= 4 is 5.97 Å². The normalized spacial score (nSPS) is 16.7. The van der Waals surface area contributed by atoms with Crippen LogP contribution in [0.4, 0.5) is 0 Å². The van der Waals surface area contributed by atoms with Gasteiger partial charge < -0.3 is 5.11 Å². The van der Waals surface area contributed by atoms with E-state index < -0.39 is 5.97 Å². The molecule has 1 fully saturated rings. The SMILES string of the molecule is O=C(O)Cc1ccccc1CNN1CCCCC1. The van der Waals surface area contributed by atoms with Crippen LogP contribution in [0.25, 0.3) is 0 Å². The number of nitrogens with one attached hydrogen (secondary N) is 1. The monoisotopic (exact) mass is 248 g/mol. The van der Waals surface area contributed by atoms with Crippen molar-refractivity contribution in [1.82, 2.24) is 10.4 Å². The molecule has 0 aromatic heterocycles. The second-order valence-electron chi connectivity index (χ2n) is 4.72. The lowest BCUT2D eigenvalue weighted by atomic mass is 10.0. The first-order valence-electron chi connectivity index (χ1n) is 6.53. The van der Waals surface area contributed by atoms with Gasteiger partial charge in [0.25, 0.3) is 0 Å². The molecule has 1 aliphatic rings. The number of aliphatic carboxylic acids is 1. The molecule has 0 aliphatic carbocycles. The van der Waals surface area contributed by atoms with E-state index >= 15 is 0 Å². The van der Waals surface area contributed by atoms with E-state index in [-0.39, 0.29) is 6.42 Å². The van der Waals surface area contributed by atoms with Gasteiger partial charge in [0, 0.05) is 19.6 Å². The lowest BCUT2D eigenvalue weighted by Crippen LogP contribution is -2.41. The maximum absolute atomic E-state index is 10.8. The van der Waals surface area contributed by atoms with Crippen LogP contribution in [-0.4, -0.2) is 29.2 Å². The van der Waals surface area contributed by atoms with Crippen LogP contribution in [0.1, 0.15) is 30.4 Å². The van der Waals surface area contributed by atoms with Gasteiger partial charge in [0.1, 0.15) is 0 Å². The standard InChI is InChI=1S/C14H20N2O2/c17-14(18)10-12-6-2-3-7-13(12)11-15-16-8-4-1-5-9-16/h2-3,6-7,15H,1,4-5,8-11H2,(H,17,18). The zero-order valence-corrected chi connectivity index (χ0v) is 10.6. The number of carboxylic acid groups (broad SMARTS) is 1. The van der Waals surface area contributed by atoms with E-state index in [1.807, 2.05) is 24.3 Å². The Morgan fingerprint density at radius 1 is 1.17 bits per heavy atom. The average Bonchev–Trinajstić information content (AvgIpc) is 2.38. The van der Waals surface area contributed by atoms with Gasteiger partial charge in [-0.2, -0.15) is 0 Å². The zero-order chi connectivity index (χ0) is 12.8. The molecule has 0 bridgehead atoms. The Balaban J connectivity index is 1.93. The van der Waals surface area contributed by atoms with E-state index in [4.69, 9.17) is 5.11 Å². The highest BCUT2D eigenvalue weighted by Crippen LogP contribution is 2.11. The van der Waals surface area contributed by atoms with Crippen LogP contribution in [-0.2, 0) is 17.8 Å². The van der Waals surface area contributed by atoms with Gasteiger partial charge in [0.2, 0.25) is 0 Å². The van der Waals surface area contributed by atoms with Crippen LogP contribution < -0.4 is 5.43 Å². The number of carboxylic acids is 1. The van der Waals surface area contributed by atoms with Crippen molar-refractivity contribution in [3.05, 3.63) is 35.4 Å². The fourth-order valence-corrected chi connectivity index (χ4v) is 2.31. The van der Waals surface area contributed by atoms with E-state index in [1.165, 1.54) is 19.3 Å². The number of hydrazine groups is 1. The molecule has 4 heteroatoms. The van der Waals surface area contributed by atoms with E-state index in [0.717, 1.165) is 24.2 Å². The molecule has 98 valence electrons. The fourth-order valence-electron chi connectivity index (χ4n) is 2.31. The molecule has 0 atom stereocenters. The number of hydrogen-bond acceptors (Lipinski definition) is 3. The number of rotatable bonds is 5. The van der Waals surface area contributed by atoms with Crippen molar-refractivity contribution in [1.29, 1.82) is 0 Å². The highest BCUT2D eigenvalue weighted by atomic mass is 16.4. The first-order valence-corrected chi connectivity index (χ1v) is 6.53. The molecule has 2 N–H and O–H groups in total. The molecule has 0 radical (unpaired) electrons. The highest BCUT2D eigenvalue weighted by molar-refractivity contribution is 5.70. The van der Waals surface area contributed by atoms with Crippen LogP contribution >= 0.6 is 0 Å². The summed E-state index contributed by atoms with van der Waals surface area (Å²) in [6.45, 7) is 2.88. The molecule has 18 heavy (non-hydrogen) atoms. The van der Waals surface area contributed by atoms with E-state index in [2.05, 4.69) is 10.4 Å². The van der Waals surface area contributed by atoms with Gasteiger partial charge in [-0.15, -0.1) is 0 Å². The van der Waals surface area contributed by atoms with Gasteiger partial charge in [0.15, 0.2) is 0 Å². The Kier molecular flexibility index (Phi) is 4.73. The molecule has 1 aromatic carbocycles. The minimum Gasteiger partial charge on any atom is -0.481 e. The highest BCUT2D eigenvalue weighted by Gasteiger charge is 2.11. The molecule has 1 heterocycles. The van der Waals surface area contributed by atoms with E-state index in [9.17, 15) is 4.79 Å². The van der Waals surface area contributed by atoms with Crippen molar-refractivity contribution in [3.63, 3.8) is 0 Å². The molecule has 1 aliphatic heterocycles. The molecule has 1 aromatic rings. The van der Waals surface area contributed by atoms with Crippen LogP contribution in [0.5, 0.6) is 0 Å². The second kappa shape index (κ2) is 6.52. The van der Waals surface area contributed by atoms with Gasteiger partial charge in [-0.1, -0.05) is 30.7 Å². The largest absolute Gasteiger partial charge is 0.481 e. The summed E-state index contributed by atoms with van der Waals surface area (Å²) in [7, 11) is 0. The van der Waals surface area contributed by atoms with Crippen molar-refractivity contribution in [2.45, 2.75) is 32.2 Å². The zero-order valence-electron chi connectivity index (χ0n) is 10.6. The van der Waals surface area contributed by atoms with Crippen LogP contribution in [0.3, 0.4) is 0 Å². The Hall–Kier alpha value is -1.39.